The topological polar surface area (TPSA) is 320 Å². The predicted molar refractivity (Wildman–Crippen MR) is 269 cm³/mol. The summed E-state index contributed by atoms with van der Waals surface area (Å²) in [6, 6.07) is 15.1. The van der Waals surface area contributed by atoms with Crippen molar-refractivity contribution in [3.05, 3.63) is 71.6 Å². The summed E-state index contributed by atoms with van der Waals surface area (Å²) in [7, 11) is 2.79. The van der Waals surface area contributed by atoms with E-state index in [0.717, 1.165) is 69.2 Å². The Morgan fingerprint density at radius 2 is 0.987 bits per heavy atom. The molecular formula is C53H63N2O23+. The predicted octanol–water partition coefficient (Wildman–Crippen LogP) is 3.87. The Morgan fingerprint density at radius 3 is 1.46 bits per heavy atom. The highest BCUT2D eigenvalue weighted by Crippen LogP contribution is 2.42. The van der Waals surface area contributed by atoms with Gasteiger partial charge in [-0.25, -0.2) is 4.79 Å². The summed E-state index contributed by atoms with van der Waals surface area (Å²) in [4.78, 5) is 139. The summed E-state index contributed by atoms with van der Waals surface area (Å²) in [6.45, 7) is 8.85. The van der Waals surface area contributed by atoms with E-state index in [1.807, 2.05) is 0 Å². The second-order valence-electron chi connectivity index (χ2n) is 17.1. The minimum absolute atomic E-state index is 0. The molecule has 1 aliphatic carbocycles. The number of rotatable bonds is 23. The molecule has 0 bridgehead atoms. The van der Waals surface area contributed by atoms with E-state index in [0.29, 0.717) is 16.5 Å². The molecule has 0 fully saturated rings. The summed E-state index contributed by atoms with van der Waals surface area (Å²) in [5.41, 5.74) is 0.913. The number of anilines is 1. The van der Waals surface area contributed by atoms with Crippen molar-refractivity contribution < 1.29 is 110 Å². The van der Waals surface area contributed by atoms with Gasteiger partial charge in [0.15, 0.2) is 30.5 Å². The van der Waals surface area contributed by atoms with Gasteiger partial charge in [0.1, 0.15) is 31.6 Å². The lowest BCUT2D eigenvalue weighted by Crippen LogP contribution is -2.58. The summed E-state index contributed by atoms with van der Waals surface area (Å²) >= 11 is 0. The van der Waals surface area contributed by atoms with Gasteiger partial charge < -0.3 is 61.8 Å². The van der Waals surface area contributed by atoms with Gasteiger partial charge in [0.05, 0.1) is 11.6 Å². The number of carboxylic acids is 1. The van der Waals surface area contributed by atoms with Crippen molar-refractivity contribution in [1.82, 2.24) is 4.58 Å². The minimum Gasteiger partial charge on any atom is -0.478 e. The van der Waals surface area contributed by atoms with Crippen molar-refractivity contribution in [3.8, 4) is 22.5 Å². The lowest BCUT2D eigenvalue weighted by Gasteiger charge is -2.39. The average molecular weight is 1100 g/mol. The molecule has 0 saturated carbocycles. The second-order valence-corrected chi connectivity index (χ2v) is 17.1. The molecule has 1 N–H and O–H groups in total. The van der Waals surface area contributed by atoms with Gasteiger partial charge >= 0.3 is 71.9 Å². The van der Waals surface area contributed by atoms with Crippen molar-refractivity contribution in [1.29, 1.82) is 0 Å². The molecule has 25 nitrogen and oxygen atoms in total. The Hall–Kier alpha value is -8.90. The van der Waals surface area contributed by atoms with Crippen LogP contribution in [-0.2, 0) is 95.3 Å². The number of hydrogen-bond acceptors (Lipinski definition) is 23. The molecule has 0 radical (unpaired) electrons. The Balaban J connectivity index is 0.0000160. The number of ether oxygens (including phenoxy) is 10. The number of carbonyl (C=O) groups is 11. The van der Waals surface area contributed by atoms with Gasteiger partial charge in [0, 0.05) is 111 Å². The van der Waals surface area contributed by atoms with E-state index in [4.69, 9.17) is 51.8 Å². The van der Waals surface area contributed by atoms with Crippen LogP contribution in [0.1, 0.15) is 87.0 Å². The first-order valence-corrected chi connectivity index (χ1v) is 23.4. The van der Waals surface area contributed by atoms with Crippen molar-refractivity contribution in [2.45, 2.75) is 126 Å². The molecule has 2 aromatic carbocycles. The Labute approximate surface area is 447 Å². The molecule has 0 spiro atoms. The molecule has 0 aromatic heterocycles. The third-order valence-electron chi connectivity index (χ3n) is 11.0. The molecule has 1 heterocycles. The maximum atomic E-state index is 12.9. The zero-order chi connectivity index (χ0) is 57.6. The highest BCUT2D eigenvalue weighted by atomic mass is 16.7. The van der Waals surface area contributed by atoms with Gasteiger partial charge in [-0.3, -0.25) is 47.9 Å². The lowest BCUT2D eigenvalue weighted by molar-refractivity contribution is -0.206. The molecule has 422 valence electrons. The molecule has 4 rings (SSSR count). The van der Waals surface area contributed by atoms with E-state index in [1.165, 1.54) is 60.0 Å². The molecular weight excluding hydrogens is 1030 g/mol. The SMILES string of the molecule is C.CC(=O)OCC(OC(C)=O)C(OC(C)=O)C(OC(C)=O)C(OC(C)=O)N(C)c1ccc2c(-c3ccccc3C(=O)O)c3cc/c(=[N+](/C)C(OC(C)=O)C(OC(C)=O)C(OC(C)=O)C(COC(C)=O)OC(C)=O)cc-3oc2c1. The van der Waals surface area contributed by atoms with Crippen LogP contribution < -0.4 is 14.8 Å². The van der Waals surface area contributed by atoms with Crippen LogP contribution in [-0.4, -0.2) is 147 Å². The number of likely N-dealkylation sites (N-methyl/N-ethyl adjacent to an activating group) is 2. The fraction of sp³-hybridized carbons (Fsp3) is 0.434. The Kier molecular flexibility index (Phi) is 23.0. The van der Waals surface area contributed by atoms with E-state index in [1.54, 1.807) is 24.3 Å². The molecule has 8 atom stereocenters. The van der Waals surface area contributed by atoms with Crippen LogP contribution in [0.4, 0.5) is 5.69 Å². The Bertz CT molecular complexity index is 2960. The van der Waals surface area contributed by atoms with Crippen molar-refractivity contribution >= 4 is 82.3 Å². The van der Waals surface area contributed by atoms with Gasteiger partial charge in [-0.05, 0) is 29.8 Å². The summed E-state index contributed by atoms with van der Waals surface area (Å²) in [5, 5.41) is 10.9. The maximum Gasteiger partial charge on any atom is 0.341 e. The average Bonchev–Trinajstić information content (AvgIpc) is 3.36. The molecule has 0 saturated heterocycles. The number of benzene rings is 3. The zero-order valence-corrected chi connectivity index (χ0v) is 44.1. The quantitative estimate of drug-likeness (QED) is 0.0362. The molecule has 2 aromatic rings. The minimum atomic E-state index is -1.82. The summed E-state index contributed by atoms with van der Waals surface area (Å²) in [5.74, 6) is -10.5. The van der Waals surface area contributed by atoms with Gasteiger partial charge in [0.2, 0.25) is 17.7 Å². The van der Waals surface area contributed by atoms with Crippen LogP contribution in [0.3, 0.4) is 0 Å². The molecule has 0 amide bonds. The van der Waals surface area contributed by atoms with E-state index in [-0.39, 0.29) is 40.9 Å². The largest absolute Gasteiger partial charge is 0.478 e. The first kappa shape index (κ1) is 63.4. The van der Waals surface area contributed by atoms with Gasteiger partial charge in [0.25, 0.3) is 0 Å². The van der Waals surface area contributed by atoms with Crippen LogP contribution in [0.2, 0.25) is 0 Å². The normalized spacial score (nSPS) is 14.3. The van der Waals surface area contributed by atoms with Crippen molar-refractivity contribution in [3.63, 3.8) is 0 Å². The summed E-state index contributed by atoms with van der Waals surface area (Å²) < 4.78 is 62.9. The van der Waals surface area contributed by atoms with E-state index in [9.17, 15) is 57.8 Å². The van der Waals surface area contributed by atoms with Crippen LogP contribution in [0, 0.1) is 0 Å². The number of nitrogens with zero attached hydrogens (tertiary/aromatic N) is 2. The lowest BCUT2D eigenvalue weighted by atomic mass is 9.90. The number of carboxylic acid groups (broad SMARTS) is 1. The third-order valence-corrected chi connectivity index (χ3v) is 11.0. The molecule has 1 aliphatic heterocycles. The van der Waals surface area contributed by atoms with Gasteiger partial charge in [-0.1, -0.05) is 25.6 Å². The van der Waals surface area contributed by atoms with Crippen LogP contribution >= 0.6 is 0 Å². The number of aromatic carboxylic acids is 1. The highest BCUT2D eigenvalue weighted by Gasteiger charge is 2.49. The number of hydrogen-bond donors (Lipinski definition) is 1. The highest BCUT2D eigenvalue weighted by molar-refractivity contribution is 6.07. The number of fused-ring (bicyclic) bond motifs is 2. The van der Waals surface area contributed by atoms with Crippen LogP contribution in [0.15, 0.2) is 65.1 Å². The first-order valence-electron chi connectivity index (χ1n) is 23.4. The number of esters is 10. The van der Waals surface area contributed by atoms with Crippen LogP contribution in [0.5, 0.6) is 0 Å². The number of carbonyl (C=O) groups excluding carboxylic acids is 10. The smallest absolute Gasteiger partial charge is 0.341 e. The van der Waals surface area contributed by atoms with Gasteiger partial charge in [-0.2, -0.15) is 4.58 Å². The molecule has 2 aliphatic rings. The van der Waals surface area contributed by atoms with E-state index in [2.05, 4.69) is 0 Å². The van der Waals surface area contributed by atoms with E-state index < -0.39 is 128 Å². The van der Waals surface area contributed by atoms with Gasteiger partial charge in [-0.15, -0.1) is 0 Å². The van der Waals surface area contributed by atoms with Crippen LogP contribution in [0.25, 0.3) is 33.4 Å². The molecule has 25 heteroatoms. The molecule has 78 heavy (non-hydrogen) atoms. The maximum absolute atomic E-state index is 12.9. The second kappa shape index (κ2) is 28.3. The first-order chi connectivity index (χ1) is 36.1. The van der Waals surface area contributed by atoms with Crippen molar-refractivity contribution in [2.24, 2.45) is 0 Å². The fourth-order valence-corrected chi connectivity index (χ4v) is 8.12. The Morgan fingerprint density at radius 1 is 0.526 bits per heavy atom. The monoisotopic (exact) mass is 1100 g/mol. The third kappa shape index (κ3) is 17.3. The van der Waals surface area contributed by atoms with E-state index >= 15 is 0 Å². The summed E-state index contributed by atoms with van der Waals surface area (Å²) in [6.07, 6.45) is -14.0. The fourth-order valence-electron chi connectivity index (χ4n) is 8.12. The van der Waals surface area contributed by atoms with Crippen molar-refractivity contribution in [2.75, 3.05) is 32.2 Å². The molecule has 8 unspecified atom stereocenters. The zero-order valence-electron chi connectivity index (χ0n) is 44.1. The standard InChI is InChI=1S/C52H58N2O23.CH4/c1-25(55)67-23-43(69-27(3)57)46(71-29(5)59)48(73-31(7)61)50(75-33(9)63)53(11)35-17-19-39-41(21-35)77-42-22-36(18-20-40(42)45(39)37-15-13-14-16-38(37)52(65)66)54(12)51(76-34(10)64)49(74-32(8)62)47(72-30(6)60)44(70-28(4)58)24-68-26(2)56;/h13-22,43-44,46-51H,23-24H2,1-12H3;1H4/p+1.